The summed E-state index contributed by atoms with van der Waals surface area (Å²) in [5.41, 5.74) is 0.365. The Balaban J connectivity index is 2.96. The Morgan fingerprint density at radius 2 is 2.38 bits per heavy atom. The zero-order valence-corrected chi connectivity index (χ0v) is 7.88. The molecule has 0 fully saturated rings. The molecule has 0 aromatic carbocycles. The van der Waals surface area contributed by atoms with Crippen molar-refractivity contribution in [2.45, 2.75) is 13.8 Å². The standard InChI is InChI=1S/C8H12N2O3/c1-4-9-7(11)6-5(2)13-10-8(6)12-3/h4H2,1-3H3,(H,9,11). The van der Waals surface area contributed by atoms with Crippen LogP contribution in [0.1, 0.15) is 23.0 Å². The predicted molar refractivity (Wildman–Crippen MR) is 45.8 cm³/mol. The fraction of sp³-hybridized carbons (Fsp3) is 0.500. The van der Waals surface area contributed by atoms with Gasteiger partial charge < -0.3 is 14.6 Å². The van der Waals surface area contributed by atoms with Crippen LogP contribution in [0.15, 0.2) is 4.52 Å². The minimum Gasteiger partial charge on any atom is -0.478 e. The molecule has 0 unspecified atom stereocenters. The molecule has 1 amide bonds. The van der Waals surface area contributed by atoms with Gasteiger partial charge in [0.25, 0.3) is 11.8 Å². The average molecular weight is 184 g/mol. The topological polar surface area (TPSA) is 64.4 Å². The second-order valence-corrected chi connectivity index (χ2v) is 2.48. The molecule has 0 bridgehead atoms. The maximum atomic E-state index is 11.4. The highest BCUT2D eigenvalue weighted by Gasteiger charge is 2.19. The van der Waals surface area contributed by atoms with Crippen LogP contribution in [-0.2, 0) is 0 Å². The third-order valence-electron chi connectivity index (χ3n) is 1.59. The number of aromatic nitrogens is 1. The number of aryl methyl sites for hydroxylation is 1. The zero-order chi connectivity index (χ0) is 9.84. The summed E-state index contributed by atoms with van der Waals surface area (Å²) in [6.45, 7) is 4.07. The normalized spacial score (nSPS) is 9.77. The first-order valence-corrected chi connectivity index (χ1v) is 3.99. The fourth-order valence-corrected chi connectivity index (χ4v) is 0.997. The van der Waals surface area contributed by atoms with Crippen LogP contribution in [0.3, 0.4) is 0 Å². The van der Waals surface area contributed by atoms with E-state index in [1.807, 2.05) is 6.92 Å². The molecule has 0 saturated carbocycles. The van der Waals surface area contributed by atoms with Crippen molar-refractivity contribution in [2.24, 2.45) is 0 Å². The van der Waals surface area contributed by atoms with Gasteiger partial charge in [-0.3, -0.25) is 4.79 Å². The summed E-state index contributed by atoms with van der Waals surface area (Å²) in [7, 11) is 1.44. The molecule has 72 valence electrons. The number of ether oxygens (including phenoxy) is 1. The largest absolute Gasteiger partial charge is 0.478 e. The van der Waals surface area contributed by atoms with Crippen LogP contribution >= 0.6 is 0 Å². The van der Waals surface area contributed by atoms with Gasteiger partial charge in [0.15, 0.2) is 5.76 Å². The van der Waals surface area contributed by atoms with Gasteiger partial charge in [-0.2, -0.15) is 0 Å². The SMILES string of the molecule is CCNC(=O)c1c(OC)noc1C. The van der Waals surface area contributed by atoms with Gasteiger partial charge in [-0.05, 0) is 19.0 Å². The quantitative estimate of drug-likeness (QED) is 0.752. The van der Waals surface area contributed by atoms with E-state index in [1.165, 1.54) is 7.11 Å². The van der Waals surface area contributed by atoms with Gasteiger partial charge in [0.05, 0.1) is 7.11 Å². The summed E-state index contributed by atoms with van der Waals surface area (Å²) in [6, 6.07) is 0. The van der Waals surface area contributed by atoms with Crippen molar-refractivity contribution in [3.05, 3.63) is 11.3 Å². The molecule has 5 nitrogen and oxygen atoms in total. The average Bonchev–Trinajstić information content (AvgIpc) is 2.47. The van der Waals surface area contributed by atoms with Crippen LogP contribution in [0.2, 0.25) is 0 Å². The highest BCUT2D eigenvalue weighted by atomic mass is 16.5. The number of amides is 1. The van der Waals surface area contributed by atoms with E-state index in [0.717, 1.165) is 0 Å². The lowest BCUT2D eigenvalue weighted by molar-refractivity contribution is 0.0951. The molecule has 0 aliphatic carbocycles. The Morgan fingerprint density at radius 1 is 1.69 bits per heavy atom. The molecule has 0 atom stereocenters. The smallest absolute Gasteiger partial charge is 0.267 e. The number of nitrogens with zero attached hydrogens (tertiary/aromatic N) is 1. The van der Waals surface area contributed by atoms with E-state index in [2.05, 4.69) is 10.5 Å². The molecule has 1 aromatic heterocycles. The second kappa shape index (κ2) is 3.93. The molecule has 0 spiro atoms. The van der Waals surface area contributed by atoms with E-state index in [0.29, 0.717) is 17.9 Å². The number of hydrogen-bond acceptors (Lipinski definition) is 4. The van der Waals surface area contributed by atoms with E-state index in [1.54, 1.807) is 6.92 Å². The first-order chi connectivity index (χ1) is 6.20. The summed E-state index contributed by atoms with van der Waals surface area (Å²) in [5.74, 6) is 0.462. The van der Waals surface area contributed by atoms with Crippen molar-refractivity contribution in [2.75, 3.05) is 13.7 Å². The molecule has 1 N–H and O–H groups in total. The van der Waals surface area contributed by atoms with Gasteiger partial charge in [0.2, 0.25) is 0 Å². The Labute approximate surface area is 76.0 Å². The van der Waals surface area contributed by atoms with Crippen molar-refractivity contribution in [3.8, 4) is 5.88 Å². The molecule has 0 radical (unpaired) electrons. The third-order valence-corrected chi connectivity index (χ3v) is 1.59. The van der Waals surface area contributed by atoms with E-state index in [9.17, 15) is 4.79 Å². The Bertz CT molecular complexity index is 306. The van der Waals surface area contributed by atoms with Gasteiger partial charge in [-0.15, -0.1) is 0 Å². The number of carbonyl (C=O) groups excluding carboxylic acids is 1. The number of methoxy groups -OCH3 is 1. The minimum atomic E-state index is -0.224. The molecule has 5 heteroatoms. The predicted octanol–water partition coefficient (Wildman–Crippen LogP) is 0.741. The zero-order valence-electron chi connectivity index (χ0n) is 7.88. The van der Waals surface area contributed by atoms with Crippen molar-refractivity contribution >= 4 is 5.91 Å². The van der Waals surface area contributed by atoms with Crippen LogP contribution in [0.25, 0.3) is 0 Å². The van der Waals surface area contributed by atoms with E-state index in [4.69, 9.17) is 9.26 Å². The van der Waals surface area contributed by atoms with Crippen LogP contribution in [0, 0.1) is 6.92 Å². The monoisotopic (exact) mass is 184 g/mol. The summed E-state index contributed by atoms with van der Waals surface area (Å²) in [5, 5.41) is 6.22. The maximum Gasteiger partial charge on any atom is 0.267 e. The molecule has 1 rings (SSSR count). The molecule has 0 saturated heterocycles. The Hall–Kier alpha value is -1.52. The maximum absolute atomic E-state index is 11.4. The number of rotatable bonds is 3. The van der Waals surface area contributed by atoms with Crippen LogP contribution in [-0.4, -0.2) is 24.7 Å². The number of nitrogens with one attached hydrogen (secondary N) is 1. The Morgan fingerprint density at radius 3 is 2.92 bits per heavy atom. The minimum absolute atomic E-state index is 0.224. The summed E-state index contributed by atoms with van der Waals surface area (Å²) < 4.78 is 9.69. The molecular weight excluding hydrogens is 172 g/mol. The summed E-state index contributed by atoms with van der Waals surface area (Å²) >= 11 is 0. The third kappa shape index (κ3) is 1.80. The molecule has 1 aromatic rings. The highest BCUT2D eigenvalue weighted by molar-refractivity contribution is 5.97. The van der Waals surface area contributed by atoms with E-state index < -0.39 is 0 Å². The lowest BCUT2D eigenvalue weighted by atomic mass is 10.2. The van der Waals surface area contributed by atoms with Crippen LogP contribution in [0.5, 0.6) is 5.88 Å². The molecule has 0 aliphatic rings. The van der Waals surface area contributed by atoms with Crippen molar-refractivity contribution < 1.29 is 14.1 Å². The second-order valence-electron chi connectivity index (χ2n) is 2.48. The van der Waals surface area contributed by atoms with Crippen LogP contribution < -0.4 is 10.1 Å². The fourth-order valence-electron chi connectivity index (χ4n) is 0.997. The molecule has 13 heavy (non-hydrogen) atoms. The summed E-state index contributed by atoms with van der Waals surface area (Å²) in [6.07, 6.45) is 0. The lowest BCUT2D eigenvalue weighted by Crippen LogP contribution is -2.23. The summed E-state index contributed by atoms with van der Waals surface area (Å²) in [4.78, 5) is 11.4. The van der Waals surface area contributed by atoms with Gasteiger partial charge >= 0.3 is 0 Å². The number of carbonyl (C=O) groups is 1. The van der Waals surface area contributed by atoms with Gasteiger partial charge in [-0.25, -0.2) is 0 Å². The number of hydrogen-bond donors (Lipinski definition) is 1. The highest BCUT2D eigenvalue weighted by Crippen LogP contribution is 2.19. The van der Waals surface area contributed by atoms with Crippen LogP contribution in [0.4, 0.5) is 0 Å². The molecular formula is C8H12N2O3. The van der Waals surface area contributed by atoms with Gasteiger partial charge in [0, 0.05) is 6.54 Å². The van der Waals surface area contributed by atoms with Crippen molar-refractivity contribution in [3.63, 3.8) is 0 Å². The first kappa shape index (κ1) is 9.57. The van der Waals surface area contributed by atoms with E-state index >= 15 is 0 Å². The molecule has 0 aliphatic heterocycles. The van der Waals surface area contributed by atoms with E-state index in [-0.39, 0.29) is 11.8 Å². The first-order valence-electron chi connectivity index (χ1n) is 3.99. The lowest BCUT2D eigenvalue weighted by Gasteiger charge is -2.00. The Kier molecular flexibility index (Phi) is 2.89. The van der Waals surface area contributed by atoms with Gasteiger partial charge in [0.1, 0.15) is 5.56 Å². The van der Waals surface area contributed by atoms with Crippen molar-refractivity contribution in [1.29, 1.82) is 0 Å². The van der Waals surface area contributed by atoms with Gasteiger partial charge in [-0.1, -0.05) is 0 Å². The van der Waals surface area contributed by atoms with Crippen molar-refractivity contribution in [1.82, 2.24) is 10.5 Å². The molecule has 1 heterocycles.